The van der Waals surface area contributed by atoms with Crippen molar-refractivity contribution in [2.45, 2.75) is 86.9 Å². The minimum Gasteiger partial charge on any atom is -0.469 e. The third-order valence-electron chi connectivity index (χ3n) is 7.32. The van der Waals surface area contributed by atoms with Crippen LogP contribution in [0.3, 0.4) is 0 Å². The molecule has 0 spiro atoms. The molecule has 0 N–H and O–H groups in total. The van der Waals surface area contributed by atoms with Gasteiger partial charge in [-0.25, -0.2) is 0 Å². The summed E-state index contributed by atoms with van der Waals surface area (Å²) in [7, 11) is -1.17. The second-order valence-electron chi connectivity index (χ2n) is 11.5. The molecule has 0 radical (unpaired) electrons. The second kappa shape index (κ2) is 10.4. The molecule has 4 atom stereocenters. The highest BCUT2D eigenvalue weighted by molar-refractivity contribution is 8.02. The molecule has 0 aliphatic heterocycles. The molecule has 8 heteroatoms. The standard InChI is InChI=1S/C25H42O5SSi2/c1-24(2,3)33(9,10)30-21-17-20(26)19(16-22(27)28-4)23(21)25(29-5,32(6,7)8)31-18-14-12-11-13-15-18/h11-15,19,21,23H,16-17H2,1-10H3. The lowest BCUT2D eigenvalue weighted by atomic mass is 9.91. The highest BCUT2D eigenvalue weighted by Gasteiger charge is 2.62. The fourth-order valence-corrected chi connectivity index (χ4v) is 10.6. The number of hydrogen-bond donors (Lipinski definition) is 0. The van der Waals surface area contributed by atoms with Gasteiger partial charge in [0, 0.05) is 30.3 Å². The molecule has 1 fully saturated rings. The summed E-state index contributed by atoms with van der Waals surface area (Å²) < 4.78 is 17.7. The number of benzene rings is 1. The Morgan fingerprint density at radius 3 is 2.09 bits per heavy atom. The van der Waals surface area contributed by atoms with Crippen LogP contribution >= 0.6 is 11.8 Å². The Balaban J connectivity index is 2.66. The molecule has 5 nitrogen and oxygen atoms in total. The molecule has 33 heavy (non-hydrogen) atoms. The Kier molecular flexibility index (Phi) is 8.88. The van der Waals surface area contributed by atoms with E-state index < -0.39 is 26.9 Å². The predicted octanol–water partition coefficient (Wildman–Crippen LogP) is 6.16. The van der Waals surface area contributed by atoms with Gasteiger partial charge in [0.25, 0.3) is 0 Å². The van der Waals surface area contributed by atoms with Crippen LogP contribution in [-0.4, -0.2) is 53.0 Å². The number of carbonyl (C=O) groups is 2. The number of methoxy groups -OCH3 is 2. The van der Waals surface area contributed by atoms with E-state index in [1.807, 2.05) is 18.2 Å². The van der Waals surface area contributed by atoms with Crippen molar-refractivity contribution in [2.75, 3.05) is 14.2 Å². The largest absolute Gasteiger partial charge is 0.469 e. The first kappa shape index (κ1) is 28.3. The summed E-state index contributed by atoms with van der Waals surface area (Å²) in [5.41, 5.74) is 0. The van der Waals surface area contributed by atoms with Crippen LogP contribution in [0.25, 0.3) is 0 Å². The van der Waals surface area contributed by atoms with E-state index in [0.717, 1.165) is 4.90 Å². The van der Waals surface area contributed by atoms with Gasteiger partial charge in [0.1, 0.15) is 10.3 Å². The highest BCUT2D eigenvalue weighted by atomic mass is 32.2. The van der Waals surface area contributed by atoms with Gasteiger partial charge in [0.15, 0.2) is 8.32 Å². The number of esters is 1. The first-order chi connectivity index (χ1) is 15.1. The van der Waals surface area contributed by atoms with Crippen LogP contribution in [0.2, 0.25) is 37.8 Å². The molecule has 1 saturated carbocycles. The van der Waals surface area contributed by atoms with Gasteiger partial charge < -0.3 is 13.9 Å². The van der Waals surface area contributed by atoms with Gasteiger partial charge in [-0.2, -0.15) is 0 Å². The molecule has 0 bridgehead atoms. The average Bonchev–Trinajstić information content (AvgIpc) is 2.99. The van der Waals surface area contributed by atoms with Crippen molar-refractivity contribution in [3.63, 3.8) is 0 Å². The molecule has 4 unspecified atom stereocenters. The van der Waals surface area contributed by atoms with Crippen LogP contribution in [0.5, 0.6) is 0 Å². The smallest absolute Gasteiger partial charge is 0.306 e. The molecule has 1 aliphatic rings. The van der Waals surface area contributed by atoms with Gasteiger partial charge in [0.2, 0.25) is 0 Å². The molecular weight excluding hydrogens is 469 g/mol. The van der Waals surface area contributed by atoms with E-state index in [-0.39, 0.29) is 35.2 Å². The van der Waals surface area contributed by atoms with Crippen molar-refractivity contribution >= 4 is 39.9 Å². The molecule has 0 saturated heterocycles. The van der Waals surface area contributed by atoms with Crippen LogP contribution in [0.15, 0.2) is 35.2 Å². The zero-order valence-corrected chi connectivity index (χ0v) is 24.8. The zero-order valence-electron chi connectivity index (χ0n) is 22.0. The van der Waals surface area contributed by atoms with E-state index in [1.54, 1.807) is 18.9 Å². The maximum atomic E-state index is 13.4. The Labute approximate surface area is 206 Å². The summed E-state index contributed by atoms with van der Waals surface area (Å²) in [4.78, 5) is 26.9. The van der Waals surface area contributed by atoms with E-state index in [0.29, 0.717) is 6.42 Å². The quantitative estimate of drug-likeness (QED) is 0.172. The second-order valence-corrected chi connectivity index (χ2v) is 23.2. The summed E-state index contributed by atoms with van der Waals surface area (Å²) in [6, 6.07) is 10.2. The minimum atomic E-state index is -2.18. The molecule has 1 aromatic rings. The summed E-state index contributed by atoms with van der Waals surface area (Å²) in [5.74, 6) is -1.03. The summed E-state index contributed by atoms with van der Waals surface area (Å²) in [5, 5.41) is 0.00248. The molecular formula is C25H42O5SSi2. The Morgan fingerprint density at radius 2 is 1.64 bits per heavy atom. The monoisotopic (exact) mass is 510 g/mol. The first-order valence-electron chi connectivity index (χ1n) is 11.7. The molecule has 1 aliphatic carbocycles. The number of Topliss-reactive ketones (excluding diaryl/α,β-unsaturated/α-hetero) is 1. The molecule has 0 heterocycles. The minimum absolute atomic E-state index is 0.00248. The Hall–Kier alpha value is -0.936. The van der Waals surface area contributed by atoms with Gasteiger partial charge >= 0.3 is 5.97 Å². The maximum Gasteiger partial charge on any atom is 0.306 e. The van der Waals surface area contributed by atoms with E-state index >= 15 is 0 Å². The van der Waals surface area contributed by atoms with Gasteiger partial charge in [-0.05, 0) is 30.3 Å². The average molecular weight is 511 g/mol. The molecule has 186 valence electrons. The highest BCUT2D eigenvalue weighted by Crippen LogP contribution is 2.55. The van der Waals surface area contributed by atoms with Gasteiger partial charge in [0.05, 0.1) is 27.7 Å². The number of hydrogen-bond acceptors (Lipinski definition) is 6. The fourth-order valence-electron chi connectivity index (χ4n) is 4.49. The third-order valence-corrected chi connectivity index (χ3v) is 17.8. The Morgan fingerprint density at radius 1 is 1.06 bits per heavy atom. The van der Waals surface area contributed by atoms with Crippen LogP contribution in [0.1, 0.15) is 33.6 Å². The summed E-state index contributed by atoms with van der Waals surface area (Å²) in [6.07, 6.45) is 0.0717. The van der Waals surface area contributed by atoms with E-state index in [1.165, 1.54) is 7.11 Å². The van der Waals surface area contributed by atoms with Crippen molar-refractivity contribution in [1.82, 2.24) is 0 Å². The number of thioether (sulfide) groups is 1. The lowest BCUT2D eigenvalue weighted by molar-refractivity contribution is -0.144. The van der Waals surface area contributed by atoms with Crippen molar-refractivity contribution in [3.05, 3.63) is 30.3 Å². The Bertz CT molecular complexity index is 831. The first-order valence-corrected chi connectivity index (χ1v) is 18.9. The molecule has 1 aromatic carbocycles. The summed E-state index contributed by atoms with van der Waals surface area (Å²) in [6.45, 7) is 17.9. The van der Waals surface area contributed by atoms with Gasteiger partial charge in [-0.15, -0.1) is 0 Å². The van der Waals surface area contributed by atoms with E-state index in [2.05, 4.69) is 65.6 Å². The lowest BCUT2D eigenvalue weighted by Crippen LogP contribution is -2.61. The molecule has 0 amide bonds. The molecule has 2 rings (SSSR count). The van der Waals surface area contributed by atoms with E-state index in [4.69, 9.17) is 13.9 Å². The lowest BCUT2D eigenvalue weighted by Gasteiger charge is -2.51. The summed E-state index contributed by atoms with van der Waals surface area (Å²) >= 11 is 1.69. The third kappa shape index (κ3) is 6.01. The van der Waals surface area contributed by atoms with Crippen molar-refractivity contribution in [3.8, 4) is 0 Å². The van der Waals surface area contributed by atoms with Crippen LogP contribution < -0.4 is 0 Å². The molecule has 0 aromatic heterocycles. The number of rotatable bonds is 9. The normalized spacial score (nSPS) is 23.9. The van der Waals surface area contributed by atoms with Gasteiger partial charge in [-0.3, -0.25) is 9.59 Å². The number of carbonyl (C=O) groups excluding carboxylic acids is 2. The fraction of sp³-hybridized carbons (Fsp3) is 0.680. The van der Waals surface area contributed by atoms with Crippen molar-refractivity contribution < 1.29 is 23.5 Å². The number of ketones is 1. The van der Waals surface area contributed by atoms with Crippen molar-refractivity contribution in [2.24, 2.45) is 11.8 Å². The number of ether oxygens (including phenoxy) is 2. The van der Waals surface area contributed by atoms with E-state index in [9.17, 15) is 9.59 Å². The van der Waals surface area contributed by atoms with Crippen molar-refractivity contribution in [1.29, 1.82) is 0 Å². The van der Waals surface area contributed by atoms with Crippen LogP contribution in [0.4, 0.5) is 0 Å². The SMILES string of the molecule is COC(=O)CC1C(=O)CC(O[Si](C)(C)C(C)(C)C)C1C(OC)(Sc1ccccc1)[Si](C)(C)C. The van der Waals surface area contributed by atoms with Crippen LogP contribution in [0, 0.1) is 11.8 Å². The maximum absolute atomic E-state index is 13.4. The van der Waals surface area contributed by atoms with Crippen LogP contribution in [-0.2, 0) is 23.5 Å². The zero-order chi connectivity index (χ0) is 25.2. The van der Waals surface area contributed by atoms with Gasteiger partial charge in [-0.1, -0.05) is 70.4 Å². The topological polar surface area (TPSA) is 61.8 Å². The predicted molar refractivity (Wildman–Crippen MR) is 141 cm³/mol.